The zero-order valence-electron chi connectivity index (χ0n) is 15.9. The molecule has 3 aromatic carbocycles. The van der Waals surface area contributed by atoms with Gasteiger partial charge in [-0.05, 0) is 48.9 Å². The second kappa shape index (κ2) is 6.95. The van der Waals surface area contributed by atoms with Gasteiger partial charge in [-0.1, -0.05) is 42.5 Å². The van der Waals surface area contributed by atoms with Gasteiger partial charge in [-0.25, -0.2) is 8.42 Å². The lowest BCUT2D eigenvalue weighted by atomic mass is 10.1. The summed E-state index contributed by atoms with van der Waals surface area (Å²) in [6, 6.07) is 16.8. The maximum atomic E-state index is 12.9. The zero-order valence-corrected chi connectivity index (χ0v) is 16.7. The molecule has 6 heteroatoms. The molecule has 1 aliphatic heterocycles. The number of benzene rings is 3. The van der Waals surface area contributed by atoms with Gasteiger partial charge < -0.3 is 5.32 Å². The van der Waals surface area contributed by atoms with Gasteiger partial charge in [0.1, 0.15) is 0 Å². The molecule has 144 valence electrons. The summed E-state index contributed by atoms with van der Waals surface area (Å²) in [6.07, 6.45) is 0.701. The molecule has 0 bridgehead atoms. The van der Waals surface area contributed by atoms with Crippen LogP contribution in [0, 0.1) is 13.8 Å². The van der Waals surface area contributed by atoms with E-state index in [0.29, 0.717) is 17.0 Å². The summed E-state index contributed by atoms with van der Waals surface area (Å²) >= 11 is 0. The number of anilines is 2. The van der Waals surface area contributed by atoms with Crippen molar-refractivity contribution in [1.29, 1.82) is 0 Å². The van der Waals surface area contributed by atoms with Gasteiger partial charge in [-0.2, -0.15) is 0 Å². The minimum Gasteiger partial charge on any atom is -0.326 e. The van der Waals surface area contributed by atoms with Gasteiger partial charge in [0.15, 0.2) is 0 Å². The lowest BCUT2D eigenvalue weighted by molar-refractivity contribution is -0.116. The van der Waals surface area contributed by atoms with Crippen molar-refractivity contribution < 1.29 is 13.2 Å². The first-order chi connectivity index (χ1) is 13.4. The van der Waals surface area contributed by atoms with Crippen molar-refractivity contribution in [3.05, 3.63) is 65.7 Å². The summed E-state index contributed by atoms with van der Waals surface area (Å²) in [4.78, 5) is 12.7. The van der Waals surface area contributed by atoms with E-state index in [0.717, 1.165) is 27.6 Å². The topological polar surface area (TPSA) is 66.5 Å². The minimum absolute atomic E-state index is 0.107. The summed E-state index contributed by atoms with van der Waals surface area (Å²) in [5.74, 6) is -0.107. The van der Waals surface area contributed by atoms with Crippen molar-refractivity contribution in [3.8, 4) is 0 Å². The van der Waals surface area contributed by atoms with Crippen molar-refractivity contribution in [2.75, 3.05) is 16.2 Å². The molecule has 1 amide bonds. The van der Waals surface area contributed by atoms with Crippen LogP contribution in [0.25, 0.3) is 10.8 Å². The number of hydrogen-bond acceptors (Lipinski definition) is 3. The number of nitrogens with one attached hydrogen (secondary N) is 1. The largest absolute Gasteiger partial charge is 0.326 e. The van der Waals surface area contributed by atoms with E-state index in [2.05, 4.69) is 5.32 Å². The summed E-state index contributed by atoms with van der Waals surface area (Å²) in [6.45, 7) is 4.19. The summed E-state index contributed by atoms with van der Waals surface area (Å²) < 4.78 is 27.3. The molecular weight excluding hydrogens is 372 g/mol. The number of aryl methyl sites for hydroxylation is 2. The highest BCUT2D eigenvalue weighted by Gasteiger charge is 2.35. The Labute approximate surface area is 165 Å². The summed E-state index contributed by atoms with van der Waals surface area (Å²) in [5.41, 5.74) is 3.55. The normalized spacial score (nSPS) is 14.4. The first-order valence-corrected chi connectivity index (χ1v) is 10.7. The number of para-hydroxylation sites is 1. The number of nitrogens with zero attached hydrogens (tertiary/aromatic N) is 1. The molecule has 5 nitrogen and oxygen atoms in total. The quantitative estimate of drug-likeness (QED) is 0.698. The molecule has 4 rings (SSSR count). The lowest BCUT2D eigenvalue weighted by Gasteiger charge is -2.18. The molecule has 3 aromatic rings. The van der Waals surface area contributed by atoms with Gasteiger partial charge in [0.25, 0.3) is 10.0 Å². The molecule has 0 radical (unpaired) electrons. The molecule has 0 saturated heterocycles. The lowest BCUT2D eigenvalue weighted by Crippen LogP contribution is -2.29. The molecule has 1 N–H and O–H groups in total. The van der Waals surface area contributed by atoms with Crippen LogP contribution in [0.2, 0.25) is 0 Å². The number of rotatable bonds is 5. The van der Waals surface area contributed by atoms with Gasteiger partial charge in [0.2, 0.25) is 5.91 Å². The van der Waals surface area contributed by atoms with E-state index in [1.807, 2.05) is 56.3 Å². The fourth-order valence-electron chi connectivity index (χ4n) is 3.80. The molecule has 1 aliphatic rings. The molecular formula is C22H22N2O3S. The van der Waals surface area contributed by atoms with Crippen LogP contribution in [-0.4, -0.2) is 20.9 Å². The van der Waals surface area contributed by atoms with E-state index in [9.17, 15) is 13.2 Å². The Morgan fingerprint density at radius 2 is 1.61 bits per heavy atom. The molecule has 0 fully saturated rings. The van der Waals surface area contributed by atoms with Crippen molar-refractivity contribution in [1.82, 2.24) is 0 Å². The van der Waals surface area contributed by atoms with E-state index in [1.54, 1.807) is 12.1 Å². The maximum absolute atomic E-state index is 12.9. The predicted molar refractivity (Wildman–Crippen MR) is 112 cm³/mol. The standard InChI is InChI=1S/C22H22N2O3S/c1-15-7-3-8-16(2)22(15)23-20(25)13-6-14-24-18-11-4-9-17-10-5-12-19(21(17)18)28(24,26)27/h3-5,7-12H,6,13-14H2,1-2H3,(H,23,25). The fourth-order valence-corrected chi connectivity index (χ4v) is 5.54. The van der Waals surface area contributed by atoms with Crippen LogP contribution in [0.4, 0.5) is 11.4 Å². The molecule has 1 heterocycles. The van der Waals surface area contributed by atoms with Crippen molar-refractivity contribution in [2.45, 2.75) is 31.6 Å². The number of sulfonamides is 1. The van der Waals surface area contributed by atoms with Crippen LogP contribution < -0.4 is 9.62 Å². The molecule has 0 aliphatic carbocycles. The first-order valence-electron chi connectivity index (χ1n) is 9.30. The van der Waals surface area contributed by atoms with Crippen LogP contribution in [0.3, 0.4) is 0 Å². The SMILES string of the molecule is Cc1cccc(C)c1NC(=O)CCCN1c2cccc3cccc(c23)S1(=O)=O. The van der Waals surface area contributed by atoms with Crippen LogP contribution in [0.5, 0.6) is 0 Å². The Hall–Kier alpha value is -2.86. The third-order valence-corrected chi connectivity index (χ3v) is 7.05. The average Bonchev–Trinajstić information content (AvgIpc) is 2.88. The van der Waals surface area contributed by atoms with Crippen LogP contribution in [-0.2, 0) is 14.8 Å². The fraction of sp³-hybridized carbons (Fsp3) is 0.227. The van der Waals surface area contributed by atoms with Gasteiger partial charge in [0.05, 0.1) is 10.6 Å². The Balaban J connectivity index is 1.48. The summed E-state index contributed by atoms with van der Waals surface area (Å²) in [5, 5.41) is 4.63. The van der Waals surface area contributed by atoms with E-state index < -0.39 is 10.0 Å². The van der Waals surface area contributed by atoms with Gasteiger partial charge in [0, 0.05) is 24.0 Å². The van der Waals surface area contributed by atoms with Gasteiger partial charge >= 0.3 is 0 Å². The minimum atomic E-state index is -3.57. The molecule has 0 atom stereocenters. The van der Waals surface area contributed by atoms with Crippen LogP contribution in [0.1, 0.15) is 24.0 Å². The highest BCUT2D eigenvalue weighted by Crippen LogP contribution is 2.41. The van der Waals surface area contributed by atoms with Gasteiger partial charge in [-0.3, -0.25) is 9.10 Å². The van der Waals surface area contributed by atoms with E-state index in [-0.39, 0.29) is 18.9 Å². The monoisotopic (exact) mass is 394 g/mol. The zero-order chi connectivity index (χ0) is 19.9. The third-order valence-electron chi connectivity index (χ3n) is 5.19. The number of carbonyl (C=O) groups is 1. The van der Waals surface area contributed by atoms with Crippen molar-refractivity contribution >= 4 is 38.1 Å². The second-order valence-electron chi connectivity index (χ2n) is 7.13. The second-order valence-corrected chi connectivity index (χ2v) is 8.96. The van der Waals surface area contributed by atoms with Gasteiger partial charge in [-0.15, -0.1) is 0 Å². The number of carbonyl (C=O) groups excluding carboxylic acids is 1. The van der Waals surface area contributed by atoms with E-state index >= 15 is 0 Å². The number of hydrogen-bond donors (Lipinski definition) is 1. The third kappa shape index (κ3) is 3.03. The van der Waals surface area contributed by atoms with Crippen molar-refractivity contribution in [2.24, 2.45) is 0 Å². The highest BCUT2D eigenvalue weighted by molar-refractivity contribution is 7.93. The maximum Gasteiger partial charge on any atom is 0.265 e. The highest BCUT2D eigenvalue weighted by atomic mass is 32.2. The Morgan fingerprint density at radius 3 is 2.32 bits per heavy atom. The number of amides is 1. The molecule has 28 heavy (non-hydrogen) atoms. The van der Waals surface area contributed by atoms with Crippen molar-refractivity contribution in [3.63, 3.8) is 0 Å². The van der Waals surface area contributed by atoms with E-state index in [4.69, 9.17) is 0 Å². The molecule has 0 aromatic heterocycles. The summed E-state index contributed by atoms with van der Waals surface area (Å²) in [7, 11) is -3.57. The first kappa shape index (κ1) is 18.5. The Bertz CT molecular complexity index is 1160. The van der Waals surface area contributed by atoms with Crippen LogP contribution >= 0.6 is 0 Å². The molecule has 0 saturated carbocycles. The van der Waals surface area contributed by atoms with E-state index in [1.165, 1.54) is 4.31 Å². The Kier molecular flexibility index (Phi) is 4.59. The molecule has 0 unspecified atom stereocenters. The predicted octanol–water partition coefficient (Wildman–Crippen LogP) is 4.38. The molecule has 0 spiro atoms. The smallest absolute Gasteiger partial charge is 0.265 e. The van der Waals surface area contributed by atoms with Crippen LogP contribution in [0.15, 0.2) is 59.5 Å². The Morgan fingerprint density at radius 1 is 0.964 bits per heavy atom. The average molecular weight is 394 g/mol.